The maximum absolute atomic E-state index is 13.1. The summed E-state index contributed by atoms with van der Waals surface area (Å²) in [5, 5.41) is 6.68. The topological polar surface area (TPSA) is 92.2 Å². The van der Waals surface area contributed by atoms with Gasteiger partial charge < -0.3 is 5.32 Å². The number of hydrogen-bond acceptors (Lipinski definition) is 4. The zero-order chi connectivity index (χ0) is 15.3. The van der Waals surface area contributed by atoms with Crippen molar-refractivity contribution < 1.29 is 9.18 Å². The van der Waals surface area contributed by atoms with Gasteiger partial charge >= 0.3 is 0 Å². The molecule has 1 aromatic carbocycles. The Kier molecular flexibility index (Phi) is 2.59. The van der Waals surface area contributed by atoms with Crippen molar-refractivity contribution in [2.24, 2.45) is 0 Å². The summed E-state index contributed by atoms with van der Waals surface area (Å²) in [5.41, 5.74) is 0.747. The summed E-state index contributed by atoms with van der Waals surface area (Å²) < 4.78 is 14.5. The lowest BCUT2D eigenvalue weighted by atomic mass is 9.87. The molecule has 0 fully saturated rings. The Bertz CT molecular complexity index is 944. The van der Waals surface area contributed by atoms with Crippen LogP contribution in [0.3, 0.4) is 0 Å². The Hall–Kier alpha value is -3.03. The molecule has 4 rings (SSSR count). The fraction of sp³-hybridized carbons (Fsp3) is 0.143. The van der Waals surface area contributed by atoms with E-state index in [-0.39, 0.29) is 29.5 Å². The number of amides is 1. The van der Waals surface area contributed by atoms with Crippen LogP contribution in [-0.4, -0.2) is 25.5 Å². The molecule has 0 aliphatic carbocycles. The Morgan fingerprint density at radius 2 is 2.00 bits per heavy atom. The molecule has 1 aliphatic heterocycles. The van der Waals surface area contributed by atoms with E-state index in [1.54, 1.807) is 12.1 Å². The van der Waals surface area contributed by atoms with Crippen LogP contribution in [0.5, 0.6) is 0 Å². The lowest BCUT2D eigenvalue weighted by molar-refractivity contribution is -0.116. The predicted molar refractivity (Wildman–Crippen MR) is 75.1 cm³/mol. The molecule has 3 heterocycles. The van der Waals surface area contributed by atoms with E-state index in [0.717, 1.165) is 0 Å². The molecule has 0 bridgehead atoms. The van der Waals surface area contributed by atoms with Crippen molar-refractivity contribution in [2.75, 3.05) is 5.32 Å². The first kappa shape index (κ1) is 12.7. The quantitative estimate of drug-likeness (QED) is 0.702. The molecule has 2 aromatic heterocycles. The second-order valence-corrected chi connectivity index (χ2v) is 5.07. The summed E-state index contributed by atoms with van der Waals surface area (Å²) >= 11 is 0. The smallest absolute Gasteiger partial charge is 0.258 e. The van der Waals surface area contributed by atoms with Crippen LogP contribution in [0.2, 0.25) is 0 Å². The fourth-order valence-electron chi connectivity index (χ4n) is 2.77. The van der Waals surface area contributed by atoms with Crippen LogP contribution in [0, 0.1) is 5.82 Å². The highest BCUT2D eigenvalue weighted by atomic mass is 19.1. The number of anilines is 1. The summed E-state index contributed by atoms with van der Waals surface area (Å²) in [7, 11) is 0. The maximum atomic E-state index is 13.1. The minimum absolute atomic E-state index is 0.113. The molecule has 0 unspecified atom stereocenters. The van der Waals surface area contributed by atoms with Crippen LogP contribution >= 0.6 is 0 Å². The van der Waals surface area contributed by atoms with Gasteiger partial charge in [0.05, 0.1) is 5.56 Å². The average Bonchev–Trinajstić information content (AvgIpc) is 2.95. The van der Waals surface area contributed by atoms with E-state index in [1.165, 1.54) is 23.0 Å². The summed E-state index contributed by atoms with van der Waals surface area (Å²) in [6, 6.07) is 5.77. The van der Waals surface area contributed by atoms with Crippen molar-refractivity contribution in [1.82, 2.24) is 19.6 Å². The number of fused-ring (bicyclic) bond motifs is 3. The van der Waals surface area contributed by atoms with E-state index < -0.39 is 5.92 Å². The molecule has 1 amide bonds. The van der Waals surface area contributed by atoms with Gasteiger partial charge in [0.2, 0.25) is 11.7 Å². The highest BCUT2D eigenvalue weighted by Crippen LogP contribution is 2.34. The third kappa shape index (κ3) is 1.80. The van der Waals surface area contributed by atoms with E-state index in [2.05, 4.69) is 20.4 Å². The minimum atomic E-state index is -0.457. The number of carbonyl (C=O) groups excluding carboxylic acids is 1. The molecule has 0 saturated carbocycles. The minimum Gasteiger partial charge on any atom is -0.310 e. The van der Waals surface area contributed by atoms with Crippen molar-refractivity contribution in [2.45, 2.75) is 12.3 Å². The van der Waals surface area contributed by atoms with E-state index in [0.29, 0.717) is 16.9 Å². The van der Waals surface area contributed by atoms with E-state index in [9.17, 15) is 14.0 Å². The first-order valence-electron chi connectivity index (χ1n) is 6.64. The van der Waals surface area contributed by atoms with Crippen LogP contribution in [0.15, 0.2) is 35.4 Å². The number of benzene rings is 1. The first-order chi connectivity index (χ1) is 10.6. The molecule has 110 valence electrons. The molecule has 7 nitrogen and oxygen atoms in total. The van der Waals surface area contributed by atoms with E-state index in [1.807, 2.05) is 0 Å². The largest absolute Gasteiger partial charge is 0.310 e. The number of halogens is 1. The molecule has 1 atom stereocenters. The monoisotopic (exact) mass is 299 g/mol. The predicted octanol–water partition coefficient (Wildman–Crippen LogP) is 1.03. The van der Waals surface area contributed by atoms with Gasteiger partial charge in [-0.1, -0.05) is 12.1 Å². The van der Waals surface area contributed by atoms with Gasteiger partial charge in [-0.05, 0) is 17.7 Å². The van der Waals surface area contributed by atoms with Gasteiger partial charge in [-0.3, -0.25) is 14.6 Å². The van der Waals surface area contributed by atoms with Gasteiger partial charge in [-0.25, -0.2) is 4.39 Å². The van der Waals surface area contributed by atoms with Gasteiger partial charge in [0, 0.05) is 12.3 Å². The van der Waals surface area contributed by atoms with Crippen molar-refractivity contribution in [1.29, 1.82) is 0 Å². The molecule has 0 radical (unpaired) electrons. The van der Waals surface area contributed by atoms with Gasteiger partial charge in [0.25, 0.3) is 5.56 Å². The average molecular weight is 299 g/mol. The second-order valence-electron chi connectivity index (χ2n) is 5.07. The molecule has 0 spiro atoms. The number of aromatic amines is 1. The number of hydrogen-bond donors (Lipinski definition) is 2. The summed E-state index contributed by atoms with van der Waals surface area (Å²) in [6.07, 6.45) is 1.40. The normalized spacial score (nSPS) is 17.3. The number of aromatic nitrogens is 4. The van der Waals surface area contributed by atoms with Crippen molar-refractivity contribution in [3.8, 4) is 0 Å². The molecule has 0 saturated heterocycles. The summed E-state index contributed by atoms with van der Waals surface area (Å²) in [4.78, 5) is 30.9. The number of nitrogens with zero attached hydrogens (tertiary/aromatic N) is 3. The summed E-state index contributed by atoms with van der Waals surface area (Å²) in [6.45, 7) is 0. The SMILES string of the molecule is O=C1C[C@@H](c2ccc(F)cc2)c2c(n3ncnc3[nH]c2=O)N1. The molecule has 1 aliphatic rings. The van der Waals surface area contributed by atoms with Gasteiger partial charge in [0.1, 0.15) is 18.0 Å². The van der Waals surface area contributed by atoms with Crippen LogP contribution in [0.1, 0.15) is 23.5 Å². The van der Waals surface area contributed by atoms with Crippen LogP contribution in [0.4, 0.5) is 10.2 Å². The fourth-order valence-corrected chi connectivity index (χ4v) is 2.77. The molecule has 2 N–H and O–H groups in total. The van der Waals surface area contributed by atoms with Gasteiger partial charge in [0.15, 0.2) is 0 Å². The molecular weight excluding hydrogens is 289 g/mol. The van der Waals surface area contributed by atoms with Crippen molar-refractivity contribution in [3.05, 3.63) is 57.9 Å². The summed E-state index contributed by atoms with van der Waals surface area (Å²) in [5.74, 6) is -0.499. The lowest BCUT2D eigenvalue weighted by Crippen LogP contribution is -2.32. The Morgan fingerprint density at radius 1 is 1.23 bits per heavy atom. The van der Waals surface area contributed by atoms with E-state index >= 15 is 0 Å². The number of rotatable bonds is 1. The Labute approximate surface area is 122 Å². The first-order valence-corrected chi connectivity index (χ1v) is 6.64. The third-order valence-electron chi connectivity index (χ3n) is 3.75. The van der Waals surface area contributed by atoms with E-state index in [4.69, 9.17) is 0 Å². The second kappa shape index (κ2) is 4.48. The molecule has 22 heavy (non-hydrogen) atoms. The third-order valence-corrected chi connectivity index (χ3v) is 3.75. The van der Waals surface area contributed by atoms with Crippen LogP contribution in [0.25, 0.3) is 5.78 Å². The highest BCUT2D eigenvalue weighted by molar-refractivity contribution is 5.94. The molecule has 8 heteroatoms. The van der Waals surface area contributed by atoms with Crippen molar-refractivity contribution in [3.63, 3.8) is 0 Å². The maximum Gasteiger partial charge on any atom is 0.258 e. The number of carbonyl (C=O) groups is 1. The Morgan fingerprint density at radius 3 is 2.77 bits per heavy atom. The lowest BCUT2D eigenvalue weighted by Gasteiger charge is -2.24. The highest BCUT2D eigenvalue weighted by Gasteiger charge is 2.31. The van der Waals surface area contributed by atoms with Gasteiger partial charge in [-0.2, -0.15) is 14.6 Å². The van der Waals surface area contributed by atoms with Crippen LogP contribution < -0.4 is 10.9 Å². The van der Waals surface area contributed by atoms with Gasteiger partial charge in [-0.15, -0.1) is 0 Å². The number of H-pyrrole nitrogens is 1. The van der Waals surface area contributed by atoms with Crippen LogP contribution in [-0.2, 0) is 4.79 Å². The standard InChI is InChI=1S/C14H10FN5O2/c15-8-3-1-7(2-4-8)9-5-10(21)18-12-11(9)13(22)19-14-16-6-17-20(12)14/h1-4,6,9H,5H2,(H,18,21)(H,16,17,19,22)/t9-/m0/s1. The number of nitrogens with one attached hydrogen (secondary N) is 2. The van der Waals surface area contributed by atoms with Crippen molar-refractivity contribution >= 4 is 17.5 Å². The Balaban J connectivity index is 1.99. The molecule has 3 aromatic rings. The zero-order valence-electron chi connectivity index (χ0n) is 11.2. The molecular formula is C14H10FN5O2. The zero-order valence-corrected chi connectivity index (χ0v) is 11.2.